The zero-order valence-electron chi connectivity index (χ0n) is 6.21. The summed E-state index contributed by atoms with van der Waals surface area (Å²) in [4.78, 5) is 0. The standard InChI is InChI=1S/C8H11.Zr/c1-6-4-5-7(2)8(6)3;/h4H2,1-3H3;/q-1;. The van der Waals surface area contributed by atoms with Gasteiger partial charge in [-0.05, 0) is 0 Å². The number of hydrogen-bond donors (Lipinski definition) is 0. The molecular formula is C8H11Zr-. The van der Waals surface area contributed by atoms with E-state index in [1.165, 1.54) is 16.7 Å². The van der Waals surface area contributed by atoms with Crippen LogP contribution in [0.5, 0.6) is 0 Å². The molecule has 1 aliphatic rings. The van der Waals surface area contributed by atoms with Crippen molar-refractivity contribution in [2.75, 3.05) is 0 Å². The van der Waals surface area contributed by atoms with E-state index in [9.17, 15) is 0 Å². The molecule has 1 aliphatic carbocycles. The second-order valence-corrected chi connectivity index (χ2v) is 2.38. The molecule has 0 N–H and O–H groups in total. The Bertz CT molecular complexity index is 158. The first kappa shape index (κ1) is 9.36. The van der Waals surface area contributed by atoms with Crippen molar-refractivity contribution >= 4 is 0 Å². The molecule has 0 aromatic carbocycles. The third kappa shape index (κ3) is 1.90. The van der Waals surface area contributed by atoms with Crippen molar-refractivity contribution in [1.29, 1.82) is 0 Å². The molecule has 0 radical (unpaired) electrons. The molecule has 0 aromatic rings. The minimum atomic E-state index is 0. The summed E-state index contributed by atoms with van der Waals surface area (Å²) in [5.41, 5.74) is 4.25. The molecule has 0 atom stereocenters. The molecule has 0 bridgehead atoms. The Morgan fingerprint density at radius 3 is 1.89 bits per heavy atom. The predicted molar refractivity (Wildman–Crippen MR) is 35.4 cm³/mol. The Morgan fingerprint density at radius 2 is 1.78 bits per heavy atom. The molecule has 0 unspecified atom stereocenters. The molecule has 0 aliphatic heterocycles. The maximum Gasteiger partial charge on any atom is 0 e. The normalized spacial score (nSPS) is 17.4. The first-order valence-corrected chi connectivity index (χ1v) is 2.96. The quantitative estimate of drug-likeness (QED) is 0.525. The summed E-state index contributed by atoms with van der Waals surface area (Å²) < 4.78 is 0. The van der Waals surface area contributed by atoms with Gasteiger partial charge in [-0.3, -0.25) is 6.08 Å². The summed E-state index contributed by atoms with van der Waals surface area (Å²) in [5, 5.41) is 0. The fraction of sp³-hybridized carbons (Fsp3) is 0.500. The zero-order valence-corrected chi connectivity index (χ0v) is 8.67. The third-order valence-corrected chi connectivity index (χ3v) is 1.82. The average molecular weight is 198 g/mol. The van der Waals surface area contributed by atoms with Crippen LogP contribution in [0.1, 0.15) is 27.2 Å². The van der Waals surface area contributed by atoms with Crippen molar-refractivity contribution in [3.63, 3.8) is 0 Å². The van der Waals surface area contributed by atoms with Gasteiger partial charge in [0.25, 0.3) is 0 Å². The summed E-state index contributed by atoms with van der Waals surface area (Å²) >= 11 is 0. The van der Waals surface area contributed by atoms with E-state index in [0.29, 0.717) is 0 Å². The fourth-order valence-corrected chi connectivity index (χ4v) is 0.850. The van der Waals surface area contributed by atoms with E-state index in [-0.39, 0.29) is 26.2 Å². The van der Waals surface area contributed by atoms with Gasteiger partial charge in [-0.2, -0.15) is 11.1 Å². The second-order valence-electron chi connectivity index (χ2n) is 2.38. The van der Waals surface area contributed by atoms with E-state index >= 15 is 0 Å². The van der Waals surface area contributed by atoms with E-state index in [1.807, 2.05) is 0 Å². The average Bonchev–Trinajstić information content (AvgIpc) is 1.98. The Kier molecular flexibility index (Phi) is 3.65. The van der Waals surface area contributed by atoms with Crippen LogP contribution >= 0.6 is 0 Å². The molecule has 0 aromatic heterocycles. The fourth-order valence-electron chi connectivity index (χ4n) is 0.850. The molecule has 9 heavy (non-hydrogen) atoms. The van der Waals surface area contributed by atoms with Crippen LogP contribution in [-0.2, 0) is 26.2 Å². The van der Waals surface area contributed by atoms with Crippen molar-refractivity contribution in [1.82, 2.24) is 0 Å². The van der Waals surface area contributed by atoms with Crippen molar-refractivity contribution in [3.8, 4) is 0 Å². The largest absolute Gasteiger partial charge is 0.269 e. The van der Waals surface area contributed by atoms with Crippen LogP contribution in [0.2, 0.25) is 0 Å². The summed E-state index contributed by atoms with van der Waals surface area (Å²) in [6.45, 7) is 6.44. The Labute approximate surface area is 76.2 Å². The van der Waals surface area contributed by atoms with Gasteiger partial charge in [-0.25, -0.2) is 5.57 Å². The first-order chi connectivity index (χ1) is 3.72. The van der Waals surface area contributed by atoms with E-state index in [1.54, 1.807) is 0 Å². The van der Waals surface area contributed by atoms with Crippen molar-refractivity contribution in [2.24, 2.45) is 0 Å². The molecule has 0 saturated carbocycles. The molecule has 1 rings (SSSR count). The van der Waals surface area contributed by atoms with Crippen molar-refractivity contribution < 1.29 is 26.2 Å². The number of hydrogen-bond acceptors (Lipinski definition) is 0. The smallest absolute Gasteiger partial charge is 0 e. The van der Waals surface area contributed by atoms with Crippen molar-refractivity contribution in [2.45, 2.75) is 27.2 Å². The van der Waals surface area contributed by atoms with E-state index < -0.39 is 0 Å². The molecule has 48 valence electrons. The zero-order chi connectivity index (χ0) is 6.15. The van der Waals surface area contributed by atoms with Crippen LogP contribution in [0.4, 0.5) is 0 Å². The van der Waals surface area contributed by atoms with Gasteiger partial charge in [-0.1, -0.05) is 13.8 Å². The maximum absolute atomic E-state index is 3.26. The molecule has 0 fully saturated rings. The maximum atomic E-state index is 3.26. The Morgan fingerprint density at radius 1 is 1.22 bits per heavy atom. The Hall–Kier alpha value is 0.363. The number of rotatable bonds is 0. The first-order valence-electron chi connectivity index (χ1n) is 2.96. The van der Waals surface area contributed by atoms with E-state index in [2.05, 4.69) is 26.8 Å². The van der Waals surface area contributed by atoms with Crippen LogP contribution in [0, 0.1) is 6.08 Å². The van der Waals surface area contributed by atoms with Crippen LogP contribution in [0.25, 0.3) is 0 Å². The summed E-state index contributed by atoms with van der Waals surface area (Å²) in [6, 6.07) is 0. The van der Waals surface area contributed by atoms with Gasteiger partial charge in [0.1, 0.15) is 0 Å². The number of allylic oxidation sites excluding steroid dienone is 4. The summed E-state index contributed by atoms with van der Waals surface area (Å²) in [7, 11) is 0. The minimum absolute atomic E-state index is 0. The molecule has 0 heterocycles. The topological polar surface area (TPSA) is 0 Å². The van der Waals surface area contributed by atoms with Gasteiger partial charge >= 0.3 is 0 Å². The molecule has 0 amide bonds. The second kappa shape index (κ2) is 3.51. The molecule has 1 heteroatoms. The third-order valence-electron chi connectivity index (χ3n) is 1.82. The van der Waals surface area contributed by atoms with Gasteiger partial charge < -0.3 is 0 Å². The predicted octanol–water partition coefficient (Wildman–Crippen LogP) is 2.47. The molecule has 0 saturated heterocycles. The Balaban J connectivity index is 0.000000640. The summed E-state index contributed by atoms with van der Waals surface area (Å²) in [5.74, 6) is 0. The van der Waals surface area contributed by atoms with Crippen LogP contribution in [0.3, 0.4) is 0 Å². The van der Waals surface area contributed by atoms with Gasteiger partial charge in [0, 0.05) is 26.2 Å². The molecule has 0 spiro atoms. The summed E-state index contributed by atoms with van der Waals surface area (Å²) in [6.07, 6.45) is 4.31. The monoisotopic (exact) mass is 197 g/mol. The van der Waals surface area contributed by atoms with Gasteiger partial charge in [-0.15, -0.1) is 13.3 Å². The van der Waals surface area contributed by atoms with Crippen LogP contribution < -0.4 is 0 Å². The van der Waals surface area contributed by atoms with Crippen LogP contribution in [0.15, 0.2) is 16.7 Å². The van der Waals surface area contributed by atoms with Crippen molar-refractivity contribution in [3.05, 3.63) is 22.8 Å². The van der Waals surface area contributed by atoms with Gasteiger partial charge in [0.05, 0.1) is 0 Å². The molecular weight excluding hydrogens is 187 g/mol. The SMILES string of the molecule is CC1=[C-]CC(C)=C1C.[Zr]. The van der Waals surface area contributed by atoms with Gasteiger partial charge in [0.15, 0.2) is 0 Å². The van der Waals surface area contributed by atoms with Crippen LogP contribution in [-0.4, -0.2) is 0 Å². The van der Waals surface area contributed by atoms with E-state index in [0.717, 1.165) is 6.42 Å². The van der Waals surface area contributed by atoms with Gasteiger partial charge in [0.2, 0.25) is 0 Å². The minimum Gasteiger partial charge on any atom is -0.269 e. The van der Waals surface area contributed by atoms with E-state index in [4.69, 9.17) is 0 Å². The molecule has 0 nitrogen and oxygen atoms in total.